The molecule has 6 heteroatoms. The average molecular weight is 485 g/mol. The first-order valence-corrected chi connectivity index (χ1v) is 10.3. The van der Waals surface area contributed by atoms with Crippen LogP contribution in [0.3, 0.4) is 0 Å². The van der Waals surface area contributed by atoms with Crippen molar-refractivity contribution in [3.05, 3.63) is 75.9 Å². The number of carbonyl (C=O) groups is 1. The standard InChI is InChI=1S/C21H16IN3OS/c1-13-6-11-18-19(12-13)27-20(24-18)14-7-9-15(10-8-14)23-21(26)25-17-5-3-2-4-16(17)22/h2-12H,1H3,(H2,23,25,26). The maximum Gasteiger partial charge on any atom is 0.323 e. The SMILES string of the molecule is Cc1ccc2nc(-c3ccc(NC(=O)Nc4ccccc4I)cc3)sc2c1. The summed E-state index contributed by atoms with van der Waals surface area (Å²) in [6.45, 7) is 2.08. The van der Waals surface area contributed by atoms with Crippen molar-refractivity contribution >= 4 is 61.6 Å². The number of aromatic nitrogens is 1. The Kier molecular flexibility index (Phi) is 5.09. The number of thiazole rings is 1. The molecular formula is C21H16IN3OS. The van der Waals surface area contributed by atoms with E-state index >= 15 is 0 Å². The average Bonchev–Trinajstić information content (AvgIpc) is 3.07. The molecular weight excluding hydrogens is 469 g/mol. The summed E-state index contributed by atoms with van der Waals surface area (Å²) in [7, 11) is 0. The number of amides is 2. The molecule has 3 aromatic carbocycles. The number of carbonyl (C=O) groups excluding carboxylic acids is 1. The van der Waals surface area contributed by atoms with Crippen molar-refractivity contribution in [3.8, 4) is 10.6 Å². The summed E-state index contributed by atoms with van der Waals surface area (Å²) in [5.74, 6) is 0. The van der Waals surface area contributed by atoms with E-state index in [0.717, 1.165) is 31.0 Å². The molecule has 27 heavy (non-hydrogen) atoms. The zero-order valence-corrected chi connectivity index (χ0v) is 17.5. The largest absolute Gasteiger partial charge is 0.323 e. The van der Waals surface area contributed by atoms with Gasteiger partial charge in [0, 0.05) is 14.8 Å². The van der Waals surface area contributed by atoms with Gasteiger partial charge in [-0.2, -0.15) is 0 Å². The van der Waals surface area contributed by atoms with Gasteiger partial charge >= 0.3 is 6.03 Å². The minimum atomic E-state index is -0.262. The molecule has 0 saturated carbocycles. The van der Waals surface area contributed by atoms with Gasteiger partial charge in [-0.1, -0.05) is 18.2 Å². The second-order valence-electron chi connectivity index (χ2n) is 6.13. The molecule has 2 amide bonds. The maximum atomic E-state index is 12.2. The fourth-order valence-electron chi connectivity index (χ4n) is 2.70. The molecule has 4 aromatic rings. The predicted octanol–water partition coefficient (Wildman–Crippen LogP) is 6.52. The molecule has 0 spiro atoms. The van der Waals surface area contributed by atoms with Gasteiger partial charge in [-0.15, -0.1) is 11.3 Å². The Bertz CT molecular complexity index is 1120. The number of hydrogen-bond donors (Lipinski definition) is 2. The first-order valence-electron chi connectivity index (χ1n) is 8.39. The molecule has 1 heterocycles. The molecule has 0 aliphatic carbocycles. The Balaban J connectivity index is 1.48. The number of halogens is 1. The highest BCUT2D eigenvalue weighted by Gasteiger charge is 2.08. The number of nitrogens with zero attached hydrogens (tertiary/aromatic N) is 1. The summed E-state index contributed by atoms with van der Waals surface area (Å²) in [5, 5.41) is 6.70. The molecule has 0 atom stereocenters. The van der Waals surface area contributed by atoms with Crippen LogP contribution in [0.5, 0.6) is 0 Å². The van der Waals surface area contributed by atoms with E-state index in [9.17, 15) is 4.79 Å². The fourth-order valence-corrected chi connectivity index (χ4v) is 4.29. The predicted molar refractivity (Wildman–Crippen MR) is 122 cm³/mol. The molecule has 4 rings (SSSR count). The van der Waals surface area contributed by atoms with E-state index in [4.69, 9.17) is 4.98 Å². The number of benzene rings is 3. The molecule has 4 nitrogen and oxygen atoms in total. The van der Waals surface area contributed by atoms with Crippen LogP contribution in [0, 0.1) is 10.5 Å². The first-order chi connectivity index (χ1) is 13.1. The van der Waals surface area contributed by atoms with E-state index < -0.39 is 0 Å². The van der Waals surface area contributed by atoms with Gasteiger partial charge in [0.2, 0.25) is 0 Å². The van der Waals surface area contributed by atoms with Gasteiger partial charge in [-0.3, -0.25) is 0 Å². The molecule has 2 N–H and O–H groups in total. The van der Waals surface area contributed by atoms with Crippen LogP contribution < -0.4 is 10.6 Å². The van der Waals surface area contributed by atoms with E-state index in [1.807, 2.05) is 48.5 Å². The Morgan fingerprint density at radius 2 is 1.78 bits per heavy atom. The number of nitrogens with one attached hydrogen (secondary N) is 2. The number of rotatable bonds is 3. The lowest BCUT2D eigenvalue weighted by atomic mass is 10.2. The molecule has 1 aromatic heterocycles. The minimum Gasteiger partial charge on any atom is -0.308 e. The van der Waals surface area contributed by atoms with Gasteiger partial charge in [-0.05, 0) is 83.6 Å². The van der Waals surface area contributed by atoms with Crippen molar-refractivity contribution < 1.29 is 4.79 Å². The molecule has 0 unspecified atom stereocenters. The van der Waals surface area contributed by atoms with E-state index in [0.29, 0.717) is 0 Å². The third kappa shape index (κ3) is 4.12. The van der Waals surface area contributed by atoms with Crippen LogP contribution in [0.4, 0.5) is 16.2 Å². The van der Waals surface area contributed by atoms with Gasteiger partial charge in [-0.25, -0.2) is 9.78 Å². The smallest absolute Gasteiger partial charge is 0.308 e. The highest BCUT2D eigenvalue weighted by molar-refractivity contribution is 14.1. The van der Waals surface area contributed by atoms with Crippen molar-refractivity contribution in [3.63, 3.8) is 0 Å². The third-order valence-corrected chi connectivity index (χ3v) is 6.06. The Hall–Kier alpha value is -2.45. The third-order valence-electron chi connectivity index (χ3n) is 4.06. The van der Waals surface area contributed by atoms with Crippen LogP contribution in [-0.2, 0) is 0 Å². The summed E-state index contributed by atoms with van der Waals surface area (Å²) in [6, 6.07) is 21.4. The topological polar surface area (TPSA) is 54.0 Å². The van der Waals surface area contributed by atoms with E-state index in [2.05, 4.69) is 58.3 Å². The van der Waals surface area contributed by atoms with Crippen molar-refractivity contribution in [2.75, 3.05) is 10.6 Å². The van der Waals surface area contributed by atoms with Crippen molar-refractivity contribution in [1.82, 2.24) is 4.98 Å². The number of para-hydroxylation sites is 1. The number of urea groups is 1. The van der Waals surface area contributed by atoms with Gasteiger partial charge in [0.1, 0.15) is 5.01 Å². The normalized spacial score (nSPS) is 10.7. The summed E-state index contributed by atoms with van der Waals surface area (Å²) in [5.41, 5.74) is 4.81. The summed E-state index contributed by atoms with van der Waals surface area (Å²) in [6.07, 6.45) is 0. The molecule has 0 aliphatic heterocycles. The van der Waals surface area contributed by atoms with Crippen molar-refractivity contribution in [1.29, 1.82) is 0 Å². The first kappa shape index (κ1) is 17.9. The van der Waals surface area contributed by atoms with Crippen LogP contribution in [0.1, 0.15) is 5.56 Å². The zero-order chi connectivity index (χ0) is 18.8. The Morgan fingerprint density at radius 1 is 1.00 bits per heavy atom. The molecule has 0 fully saturated rings. The quantitative estimate of drug-likeness (QED) is 0.325. The monoisotopic (exact) mass is 485 g/mol. The van der Waals surface area contributed by atoms with Crippen LogP contribution >= 0.6 is 33.9 Å². The Morgan fingerprint density at radius 3 is 2.56 bits per heavy atom. The highest BCUT2D eigenvalue weighted by atomic mass is 127. The molecule has 134 valence electrons. The summed E-state index contributed by atoms with van der Waals surface area (Å²) >= 11 is 3.87. The molecule has 0 aliphatic rings. The lowest BCUT2D eigenvalue weighted by Crippen LogP contribution is -2.19. The van der Waals surface area contributed by atoms with Crippen LogP contribution in [-0.4, -0.2) is 11.0 Å². The van der Waals surface area contributed by atoms with Gasteiger partial charge in [0.05, 0.1) is 15.9 Å². The number of hydrogen-bond acceptors (Lipinski definition) is 3. The summed E-state index contributed by atoms with van der Waals surface area (Å²) < 4.78 is 2.18. The van der Waals surface area contributed by atoms with Crippen LogP contribution in [0.15, 0.2) is 66.7 Å². The Labute approximate surface area is 174 Å². The second-order valence-corrected chi connectivity index (χ2v) is 8.32. The lowest BCUT2D eigenvalue weighted by molar-refractivity contribution is 0.262. The van der Waals surface area contributed by atoms with Crippen LogP contribution in [0.25, 0.3) is 20.8 Å². The molecule has 0 radical (unpaired) electrons. The van der Waals surface area contributed by atoms with Crippen molar-refractivity contribution in [2.45, 2.75) is 6.92 Å². The van der Waals surface area contributed by atoms with E-state index in [1.165, 1.54) is 10.3 Å². The number of aryl methyl sites for hydroxylation is 1. The lowest BCUT2D eigenvalue weighted by Gasteiger charge is -2.09. The fraction of sp³-hybridized carbons (Fsp3) is 0.0476. The van der Waals surface area contributed by atoms with Gasteiger partial charge < -0.3 is 10.6 Å². The van der Waals surface area contributed by atoms with Gasteiger partial charge in [0.15, 0.2) is 0 Å². The second kappa shape index (κ2) is 7.66. The summed E-state index contributed by atoms with van der Waals surface area (Å²) in [4.78, 5) is 16.9. The van der Waals surface area contributed by atoms with E-state index in [-0.39, 0.29) is 6.03 Å². The minimum absolute atomic E-state index is 0.262. The van der Waals surface area contributed by atoms with Gasteiger partial charge in [0.25, 0.3) is 0 Å². The number of anilines is 2. The molecule has 0 saturated heterocycles. The maximum absolute atomic E-state index is 12.2. The highest BCUT2D eigenvalue weighted by Crippen LogP contribution is 2.31. The van der Waals surface area contributed by atoms with Crippen LogP contribution in [0.2, 0.25) is 0 Å². The molecule has 0 bridgehead atoms. The van der Waals surface area contributed by atoms with E-state index in [1.54, 1.807) is 11.3 Å². The number of fused-ring (bicyclic) bond motifs is 1. The zero-order valence-electron chi connectivity index (χ0n) is 14.5. The van der Waals surface area contributed by atoms with Crippen molar-refractivity contribution in [2.24, 2.45) is 0 Å².